The fraction of sp³-hybridized carbons (Fsp3) is 0.286. The molecule has 18 heavy (non-hydrogen) atoms. The summed E-state index contributed by atoms with van der Waals surface area (Å²) in [5, 5.41) is 0.407. The average molecular weight is 246 g/mol. The first-order valence-electron chi connectivity index (χ1n) is 5.68. The van der Waals surface area contributed by atoms with Gasteiger partial charge in [0.1, 0.15) is 17.4 Å². The van der Waals surface area contributed by atoms with E-state index in [1.54, 1.807) is 12.1 Å². The van der Waals surface area contributed by atoms with Gasteiger partial charge in [0.2, 0.25) is 5.43 Å². The van der Waals surface area contributed by atoms with Crippen LogP contribution in [-0.4, -0.2) is 13.1 Å². The van der Waals surface area contributed by atoms with Gasteiger partial charge in [0.05, 0.1) is 12.5 Å². The second-order valence-electron chi connectivity index (χ2n) is 4.38. The molecule has 1 aromatic heterocycles. The first-order chi connectivity index (χ1) is 8.54. The summed E-state index contributed by atoms with van der Waals surface area (Å²) in [5.41, 5.74) is 1.06. The summed E-state index contributed by atoms with van der Waals surface area (Å²) in [6, 6.07) is 5.42. The minimum atomic E-state index is -0.680. The molecule has 4 nitrogen and oxygen atoms in total. The Labute approximate surface area is 104 Å². The van der Waals surface area contributed by atoms with Crippen LogP contribution in [0.1, 0.15) is 35.7 Å². The van der Waals surface area contributed by atoms with E-state index < -0.39 is 5.97 Å². The third-order valence-corrected chi connectivity index (χ3v) is 2.87. The number of benzene rings is 1. The van der Waals surface area contributed by atoms with E-state index in [-0.39, 0.29) is 11.0 Å². The standard InChI is InChI=1S/C14H14O4/c1-8(2)9-4-5-12-10(6-9)13(15)11(7-18-12)14(16)17-3/h4-8H,1-3H3. The number of methoxy groups -OCH3 is 1. The Morgan fingerprint density at radius 1 is 1.33 bits per heavy atom. The molecule has 0 aliphatic carbocycles. The van der Waals surface area contributed by atoms with Crippen molar-refractivity contribution in [2.24, 2.45) is 0 Å². The molecule has 0 bridgehead atoms. The molecule has 0 spiro atoms. The molecule has 0 unspecified atom stereocenters. The highest BCUT2D eigenvalue weighted by atomic mass is 16.5. The SMILES string of the molecule is COC(=O)c1coc2ccc(C(C)C)cc2c1=O. The van der Waals surface area contributed by atoms with Gasteiger partial charge in [-0.25, -0.2) is 4.79 Å². The van der Waals surface area contributed by atoms with Gasteiger partial charge in [0.25, 0.3) is 0 Å². The third kappa shape index (κ3) is 2.01. The van der Waals surface area contributed by atoms with E-state index in [9.17, 15) is 9.59 Å². The predicted octanol–water partition coefficient (Wildman–Crippen LogP) is 2.70. The molecule has 0 saturated carbocycles. The van der Waals surface area contributed by atoms with Crippen molar-refractivity contribution in [1.29, 1.82) is 0 Å². The highest BCUT2D eigenvalue weighted by molar-refractivity contribution is 5.92. The lowest BCUT2D eigenvalue weighted by Gasteiger charge is -2.06. The summed E-state index contributed by atoms with van der Waals surface area (Å²) in [6.07, 6.45) is 1.14. The van der Waals surface area contributed by atoms with Crippen LogP contribution in [0.15, 0.2) is 33.7 Å². The minimum Gasteiger partial charge on any atom is -0.465 e. The Kier molecular flexibility index (Phi) is 3.19. The van der Waals surface area contributed by atoms with Crippen LogP contribution in [0.2, 0.25) is 0 Å². The maximum absolute atomic E-state index is 12.1. The van der Waals surface area contributed by atoms with E-state index in [1.165, 1.54) is 7.11 Å². The van der Waals surface area contributed by atoms with Crippen LogP contribution in [0.25, 0.3) is 11.0 Å². The van der Waals surface area contributed by atoms with E-state index in [0.29, 0.717) is 16.9 Å². The van der Waals surface area contributed by atoms with Crippen molar-refractivity contribution in [3.05, 3.63) is 45.8 Å². The summed E-state index contributed by atoms with van der Waals surface area (Å²) in [4.78, 5) is 23.6. The molecule has 0 aliphatic rings. The molecular formula is C14H14O4. The molecule has 0 atom stereocenters. The maximum atomic E-state index is 12.1. The zero-order valence-electron chi connectivity index (χ0n) is 10.5. The maximum Gasteiger partial charge on any atom is 0.345 e. The zero-order valence-corrected chi connectivity index (χ0v) is 10.5. The molecule has 0 aliphatic heterocycles. The van der Waals surface area contributed by atoms with Crippen LogP contribution in [0.4, 0.5) is 0 Å². The second kappa shape index (κ2) is 4.64. The lowest BCUT2D eigenvalue weighted by Crippen LogP contribution is -2.16. The van der Waals surface area contributed by atoms with Gasteiger partial charge >= 0.3 is 5.97 Å². The number of carbonyl (C=O) groups is 1. The van der Waals surface area contributed by atoms with Crippen LogP contribution in [0, 0.1) is 0 Å². The summed E-state index contributed by atoms with van der Waals surface area (Å²) in [5.74, 6) is -0.379. The fourth-order valence-corrected chi connectivity index (χ4v) is 1.76. The Morgan fingerprint density at radius 2 is 2.06 bits per heavy atom. The molecule has 2 aromatic rings. The number of fused-ring (bicyclic) bond motifs is 1. The van der Waals surface area contributed by atoms with Gasteiger partial charge in [0.15, 0.2) is 0 Å². The lowest BCUT2D eigenvalue weighted by molar-refractivity contribution is 0.0597. The van der Waals surface area contributed by atoms with Crippen LogP contribution >= 0.6 is 0 Å². The molecule has 0 N–H and O–H groups in total. The third-order valence-electron chi connectivity index (χ3n) is 2.87. The Morgan fingerprint density at radius 3 is 2.67 bits per heavy atom. The topological polar surface area (TPSA) is 56.5 Å². The predicted molar refractivity (Wildman–Crippen MR) is 67.9 cm³/mol. The van der Waals surface area contributed by atoms with E-state index >= 15 is 0 Å². The summed E-state index contributed by atoms with van der Waals surface area (Å²) in [7, 11) is 1.23. The van der Waals surface area contributed by atoms with Gasteiger partial charge in [0, 0.05) is 0 Å². The van der Waals surface area contributed by atoms with Crippen LogP contribution in [-0.2, 0) is 4.74 Å². The number of esters is 1. The molecule has 94 valence electrons. The van der Waals surface area contributed by atoms with Crippen LogP contribution < -0.4 is 5.43 Å². The highest BCUT2D eigenvalue weighted by Gasteiger charge is 2.15. The summed E-state index contributed by atoms with van der Waals surface area (Å²) >= 11 is 0. The molecule has 0 radical (unpaired) electrons. The highest BCUT2D eigenvalue weighted by Crippen LogP contribution is 2.19. The largest absolute Gasteiger partial charge is 0.465 e. The van der Waals surface area contributed by atoms with E-state index in [0.717, 1.165) is 11.8 Å². The molecule has 1 aromatic carbocycles. The molecule has 0 amide bonds. The smallest absolute Gasteiger partial charge is 0.345 e. The lowest BCUT2D eigenvalue weighted by atomic mass is 10.0. The summed E-state index contributed by atoms with van der Waals surface area (Å²) < 4.78 is 9.83. The van der Waals surface area contributed by atoms with Crippen molar-refractivity contribution in [3.8, 4) is 0 Å². The number of ether oxygens (including phenoxy) is 1. The number of rotatable bonds is 2. The van der Waals surface area contributed by atoms with E-state index in [1.807, 2.05) is 19.9 Å². The van der Waals surface area contributed by atoms with Crippen molar-refractivity contribution >= 4 is 16.9 Å². The first kappa shape index (κ1) is 12.4. The molecule has 0 fully saturated rings. The Balaban J connectivity index is 2.72. The number of carbonyl (C=O) groups excluding carboxylic acids is 1. The molecule has 4 heteroatoms. The normalized spacial score (nSPS) is 10.9. The average Bonchev–Trinajstić information content (AvgIpc) is 2.38. The van der Waals surface area contributed by atoms with Crippen molar-refractivity contribution in [1.82, 2.24) is 0 Å². The first-order valence-corrected chi connectivity index (χ1v) is 5.68. The Bertz CT molecular complexity index is 652. The van der Waals surface area contributed by atoms with E-state index in [2.05, 4.69) is 4.74 Å². The minimum absolute atomic E-state index is 0.0779. The van der Waals surface area contributed by atoms with Gasteiger partial charge in [-0.15, -0.1) is 0 Å². The number of hydrogen-bond donors (Lipinski definition) is 0. The Hall–Kier alpha value is -2.10. The molecular weight excluding hydrogens is 232 g/mol. The van der Waals surface area contributed by atoms with Crippen LogP contribution in [0.3, 0.4) is 0 Å². The molecule has 0 saturated heterocycles. The van der Waals surface area contributed by atoms with Gasteiger partial charge in [-0.05, 0) is 23.6 Å². The van der Waals surface area contributed by atoms with Gasteiger partial charge in [-0.2, -0.15) is 0 Å². The number of hydrogen-bond acceptors (Lipinski definition) is 4. The van der Waals surface area contributed by atoms with Crippen molar-refractivity contribution in [2.45, 2.75) is 19.8 Å². The van der Waals surface area contributed by atoms with Crippen molar-refractivity contribution < 1.29 is 13.9 Å². The van der Waals surface area contributed by atoms with Crippen molar-refractivity contribution in [2.75, 3.05) is 7.11 Å². The fourth-order valence-electron chi connectivity index (χ4n) is 1.76. The second-order valence-corrected chi connectivity index (χ2v) is 4.38. The van der Waals surface area contributed by atoms with Crippen LogP contribution in [0.5, 0.6) is 0 Å². The molecule has 2 rings (SSSR count). The zero-order chi connectivity index (χ0) is 13.3. The summed E-state index contributed by atoms with van der Waals surface area (Å²) in [6.45, 7) is 4.07. The molecule has 1 heterocycles. The monoisotopic (exact) mass is 246 g/mol. The van der Waals surface area contributed by atoms with Crippen molar-refractivity contribution in [3.63, 3.8) is 0 Å². The van der Waals surface area contributed by atoms with E-state index in [4.69, 9.17) is 4.42 Å². The van der Waals surface area contributed by atoms with Gasteiger partial charge in [-0.1, -0.05) is 19.9 Å². The van der Waals surface area contributed by atoms with Gasteiger partial charge < -0.3 is 9.15 Å². The quantitative estimate of drug-likeness (QED) is 0.764. The van der Waals surface area contributed by atoms with Gasteiger partial charge in [-0.3, -0.25) is 4.79 Å².